The number of fused-ring (bicyclic) bond motifs is 1. The summed E-state index contributed by atoms with van der Waals surface area (Å²) < 4.78 is 0. The first-order chi connectivity index (χ1) is 13.7. The summed E-state index contributed by atoms with van der Waals surface area (Å²) in [5, 5.41) is 24.0. The zero-order chi connectivity index (χ0) is 21.1. The van der Waals surface area contributed by atoms with E-state index in [2.05, 4.69) is 20.5 Å². The highest BCUT2D eigenvalue weighted by atomic mass is 16.6. The number of aromatic amines is 1. The van der Waals surface area contributed by atoms with Crippen LogP contribution in [0.5, 0.6) is 5.75 Å². The number of H-pyrrole nitrogens is 1. The molecule has 0 aliphatic rings. The molecular formula is C19H17N5O5. The van der Waals surface area contributed by atoms with Gasteiger partial charge in [-0.25, -0.2) is 10.4 Å². The molecule has 0 bridgehead atoms. The molecule has 1 amide bonds. The van der Waals surface area contributed by atoms with Gasteiger partial charge in [-0.3, -0.25) is 19.7 Å². The maximum Gasteiger partial charge on any atom is 0.311 e. The summed E-state index contributed by atoms with van der Waals surface area (Å²) >= 11 is 0. The van der Waals surface area contributed by atoms with Gasteiger partial charge in [-0.15, -0.1) is 0 Å². The molecule has 0 spiro atoms. The smallest absolute Gasteiger partial charge is 0.311 e. The Morgan fingerprint density at radius 3 is 2.76 bits per heavy atom. The van der Waals surface area contributed by atoms with E-state index in [0.717, 1.165) is 23.3 Å². The quantitative estimate of drug-likeness (QED) is 0.341. The number of hydrogen-bond acceptors (Lipinski definition) is 7. The van der Waals surface area contributed by atoms with Gasteiger partial charge in [-0.05, 0) is 49.2 Å². The molecule has 2 aromatic carbocycles. The number of hydrogen-bond donors (Lipinski definition) is 3. The molecule has 0 unspecified atom stereocenters. The third-order valence-electron chi connectivity index (χ3n) is 4.30. The Morgan fingerprint density at radius 1 is 1.31 bits per heavy atom. The second-order valence-corrected chi connectivity index (χ2v) is 6.44. The molecule has 148 valence electrons. The molecule has 0 aliphatic heterocycles. The molecular weight excluding hydrogens is 378 g/mol. The van der Waals surface area contributed by atoms with Crippen molar-refractivity contribution in [3.05, 3.63) is 73.2 Å². The van der Waals surface area contributed by atoms with Crippen LogP contribution < -0.4 is 11.0 Å². The van der Waals surface area contributed by atoms with Crippen LogP contribution in [0.15, 0.2) is 40.2 Å². The van der Waals surface area contributed by atoms with E-state index in [9.17, 15) is 24.8 Å². The number of phenols is 1. The van der Waals surface area contributed by atoms with Crippen LogP contribution in [0.2, 0.25) is 0 Å². The van der Waals surface area contributed by atoms with Crippen molar-refractivity contribution in [1.82, 2.24) is 15.4 Å². The molecule has 0 saturated carbocycles. The largest absolute Gasteiger partial charge is 0.502 e. The third kappa shape index (κ3) is 4.43. The van der Waals surface area contributed by atoms with E-state index in [1.54, 1.807) is 0 Å². The average Bonchev–Trinajstić information content (AvgIpc) is 2.65. The Kier molecular flexibility index (Phi) is 5.35. The molecule has 0 aliphatic carbocycles. The summed E-state index contributed by atoms with van der Waals surface area (Å²) in [4.78, 5) is 41.3. The van der Waals surface area contributed by atoms with Crippen LogP contribution in [0.1, 0.15) is 22.4 Å². The minimum atomic E-state index is -0.730. The predicted octanol–water partition coefficient (Wildman–Crippen LogP) is 1.85. The average molecular weight is 395 g/mol. The number of amides is 1. The molecule has 0 saturated heterocycles. The number of nitrogens with zero attached hydrogens (tertiary/aromatic N) is 3. The lowest BCUT2D eigenvalue weighted by molar-refractivity contribution is -0.385. The number of aromatic hydroxyl groups is 1. The van der Waals surface area contributed by atoms with E-state index in [-0.39, 0.29) is 12.1 Å². The topological polar surface area (TPSA) is 151 Å². The van der Waals surface area contributed by atoms with Gasteiger partial charge >= 0.3 is 5.69 Å². The van der Waals surface area contributed by atoms with Crippen molar-refractivity contribution in [2.75, 3.05) is 0 Å². The summed E-state index contributed by atoms with van der Waals surface area (Å²) in [6.07, 6.45) is 0.903. The first-order valence-corrected chi connectivity index (χ1v) is 8.54. The highest BCUT2D eigenvalue weighted by Gasteiger charge is 2.13. The normalized spacial score (nSPS) is 11.1. The zero-order valence-corrected chi connectivity index (χ0v) is 15.6. The van der Waals surface area contributed by atoms with Crippen molar-refractivity contribution in [2.45, 2.75) is 20.3 Å². The van der Waals surface area contributed by atoms with Crippen molar-refractivity contribution < 1.29 is 14.8 Å². The monoisotopic (exact) mass is 395 g/mol. The summed E-state index contributed by atoms with van der Waals surface area (Å²) in [6.45, 7) is 3.85. The fraction of sp³-hybridized carbons (Fsp3) is 0.158. The van der Waals surface area contributed by atoms with Crippen molar-refractivity contribution >= 4 is 28.8 Å². The molecule has 29 heavy (non-hydrogen) atoms. The van der Waals surface area contributed by atoms with Gasteiger partial charge in [0.25, 0.3) is 5.56 Å². The Balaban J connectivity index is 1.72. The molecule has 3 rings (SSSR count). The van der Waals surface area contributed by atoms with Crippen molar-refractivity contribution in [3.63, 3.8) is 0 Å². The van der Waals surface area contributed by atoms with E-state index in [4.69, 9.17) is 0 Å². The van der Waals surface area contributed by atoms with Crippen LogP contribution in [-0.4, -0.2) is 32.1 Å². The van der Waals surface area contributed by atoms with E-state index in [1.807, 2.05) is 26.0 Å². The fourth-order valence-electron chi connectivity index (χ4n) is 2.64. The molecule has 0 radical (unpaired) electrons. The van der Waals surface area contributed by atoms with Crippen molar-refractivity contribution in [1.29, 1.82) is 0 Å². The van der Waals surface area contributed by atoms with Gasteiger partial charge < -0.3 is 10.1 Å². The van der Waals surface area contributed by atoms with E-state index < -0.39 is 27.8 Å². The minimum Gasteiger partial charge on any atom is -0.502 e. The SMILES string of the molecule is Cc1cc2nc(CC(=O)N/N=C/c3ccc(O)c([N+](=O)[O-])c3)c(=O)[nH]c2cc1C. The zero-order valence-electron chi connectivity index (χ0n) is 15.6. The van der Waals surface area contributed by atoms with Crippen LogP contribution in [0.25, 0.3) is 11.0 Å². The third-order valence-corrected chi connectivity index (χ3v) is 4.30. The number of carbonyl (C=O) groups excluding carboxylic acids is 1. The number of aryl methyl sites for hydroxylation is 2. The Hall–Kier alpha value is -4.08. The molecule has 1 heterocycles. The fourth-order valence-corrected chi connectivity index (χ4v) is 2.64. The number of aromatic nitrogens is 2. The molecule has 0 atom stereocenters. The number of nitro benzene ring substituents is 1. The van der Waals surface area contributed by atoms with E-state index >= 15 is 0 Å². The molecule has 10 nitrogen and oxygen atoms in total. The summed E-state index contributed by atoms with van der Waals surface area (Å²) in [5.74, 6) is -1.04. The second kappa shape index (κ2) is 7.89. The number of phenolic OH excluding ortho intramolecular Hbond substituents is 1. The van der Waals surface area contributed by atoms with Crippen molar-refractivity contribution in [2.24, 2.45) is 5.10 Å². The molecule has 3 N–H and O–H groups in total. The van der Waals surface area contributed by atoms with Crippen LogP contribution in [0.3, 0.4) is 0 Å². The van der Waals surface area contributed by atoms with Gasteiger partial charge in [0.15, 0.2) is 5.75 Å². The number of benzene rings is 2. The number of hydrazone groups is 1. The number of carbonyl (C=O) groups is 1. The first-order valence-electron chi connectivity index (χ1n) is 8.54. The Labute approximate surface area is 164 Å². The van der Waals surface area contributed by atoms with Crippen LogP contribution in [0, 0.1) is 24.0 Å². The van der Waals surface area contributed by atoms with Crippen LogP contribution >= 0.6 is 0 Å². The maximum atomic E-state index is 12.2. The highest BCUT2D eigenvalue weighted by molar-refractivity contribution is 5.84. The van der Waals surface area contributed by atoms with Crippen LogP contribution in [-0.2, 0) is 11.2 Å². The van der Waals surface area contributed by atoms with Gasteiger partial charge in [0, 0.05) is 11.6 Å². The second-order valence-electron chi connectivity index (χ2n) is 6.44. The Bertz CT molecular complexity index is 1220. The Morgan fingerprint density at radius 2 is 2.03 bits per heavy atom. The summed E-state index contributed by atoms with van der Waals surface area (Å²) in [5.41, 5.74) is 4.87. The first kappa shape index (κ1) is 19.7. The maximum absolute atomic E-state index is 12.2. The predicted molar refractivity (Wildman–Crippen MR) is 106 cm³/mol. The van der Waals surface area contributed by atoms with Gasteiger partial charge in [0.1, 0.15) is 5.69 Å². The molecule has 1 aromatic heterocycles. The molecule has 10 heteroatoms. The van der Waals surface area contributed by atoms with Crippen LogP contribution in [0.4, 0.5) is 5.69 Å². The number of nitrogens with one attached hydrogen (secondary N) is 2. The lowest BCUT2D eigenvalue weighted by atomic mass is 10.1. The summed E-state index contributed by atoms with van der Waals surface area (Å²) in [7, 11) is 0. The van der Waals surface area contributed by atoms with Gasteiger partial charge in [-0.2, -0.15) is 5.10 Å². The standard InChI is InChI=1S/C19H17N5O5/c1-10-5-13-14(6-11(10)2)22-19(27)15(21-13)8-18(26)23-20-9-12-3-4-17(25)16(7-12)24(28)29/h3-7,9,25H,8H2,1-2H3,(H,22,27)(H,23,26)/b20-9+. The van der Waals surface area contributed by atoms with E-state index in [1.165, 1.54) is 12.3 Å². The van der Waals surface area contributed by atoms with E-state index in [0.29, 0.717) is 16.6 Å². The minimum absolute atomic E-state index is 0.0497. The number of rotatable bonds is 5. The van der Waals surface area contributed by atoms with Crippen molar-refractivity contribution in [3.8, 4) is 5.75 Å². The lowest BCUT2D eigenvalue weighted by Crippen LogP contribution is -2.25. The highest BCUT2D eigenvalue weighted by Crippen LogP contribution is 2.25. The number of nitro groups is 1. The molecule has 0 fully saturated rings. The molecule has 3 aromatic rings. The van der Waals surface area contributed by atoms with Gasteiger partial charge in [0.05, 0.1) is 28.6 Å². The van der Waals surface area contributed by atoms with Gasteiger partial charge in [0.2, 0.25) is 5.91 Å². The summed E-state index contributed by atoms with van der Waals surface area (Å²) in [6, 6.07) is 7.33. The lowest BCUT2D eigenvalue weighted by Gasteiger charge is -2.05. The van der Waals surface area contributed by atoms with Gasteiger partial charge in [-0.1, -0.05) is 0 Å².